The Bertz CT molecular complexity index is 495. The van der Waals surface area contributed by atoms with Crippen LogP contribution in [0.25, 0.3) is 0 Å². The Labute approximate surface area is 120 Å². The van der Waals surface area contributed by atoms with Crippen LogP contribution in [0, 0.1) is 17.8 Å². The summed E-state index contributed by atoms with van der Waals surface area (Å²) in [6.45, 7) is 3.41. The number of amides is 1. The highest BCUT2D eigenvalue weighted by molar-refractivity contribution is 5.78. The molecule has 6 atom stereocenters. The zero-order valence-corrected chi connectivity index (χ0v) is 12.2. The topological polar surface area (TPSA) is 50.4 Å². The lowest BCUT2D eigenvalue weighted by molar-refractivity contribution is -0.340. The maximum Gasteiger partial charge on any atom is 0.222 e. The highest BCUT2D eigenvalue weighted by Crippen LogP contribution is 2.66. The van der Waals surface area contributed by atoms with Crippen molar-refractivity contribution in [2.75, 3.05) is 6.54 Å². The summed E-state index contributed by atoms with van der Waals surface area (Å²) >= 11 is 0. The second-order valence-electron chi connectivity index (χ2n) is 8.14. The second-order valence-corrected chi connectivity index (χ2v) is 8.14. The predicted octanol–water partition coefficient (Wildman–Crippen LogP) is 1.55. The van der Waals surface area contributed by atoms with Crippen LogP contribution in [0.15, 0.2) is 0 Å². The van der Waals surface area contributed by atoms with E-state index in [1.807, 2.05) is 0 Å². The first kappa shape index (κ1) is 12.0. The first-order valence-corrected chi connectivity index (χ1v) is 8.32. The van der Waals surface area contributed by atoms with Crippen LogP contribution in [0.5, 0.6) is 0 Å². The van der Waals surface area contributed by atoms with E-state index in [2.05, 4.69) is 17.6 Å². The summed E-state index contributed by atoms with van der Waals surface area (Å²) in [5.41, 5.74) is -0.156. The molecular weight excluding hydrogens is 252 g/mol. The van der Waals surface area contributed by atoms with Gasteiger partial charge in [-0.2, -0.15) is 0 Å². The van der Waals surface area contributed by atoms with Gasteiger partial charge < -0.3 is 15.4 Å². The van der Waals surface area contributed by atoms with Gasteiger partial charge in [-0.15, -0.1) is 0 Å². The van der Waals surface area contributed by atoms with E-state index >= 15 is 0 Å². The van der Waals surface area contributed by atoms with Crippen molar-refractivity contribution in [1.82, 2.24) is 10.6 Å². The van der Waals surface area contributed by atoms with E-state index in [0.717, 1.165) is 37.6 Å². The van der Waals surface area contributed by atoms with Crippen molar-refractivity contribution < 1.29 is 9.53 Å². The molecule has 2 aliphatic carbocycles. The summed E-state index contributed by atoms with van der Waals surface area (Å²) in [7, 11) is 0. The Morgan fingerprint density at radius 2 is 2.20 bits per heavy atom. The van der Waals surface area contributed by atoms with Gasteiger partial charge in [0, 0.05) is 17.9 Å². The Morgan fingerprint density at radius 1 is 1.30 bits per heavy atom. The molecule has 6 rings (SSSR count). The normalized spacial score (nSPS) is 59.9. The number of ether oxygens (including phenoxy) is 1. The lowest BCUT2D eigenvalue weighted by Gasteiger charge is -2.74. The molecule has 0 aromatic carbocycles. The molecule has 6 unspecified atom stereocenters. The molecule has 6 aliphatic rings. The molecule has 4 aliphatic heterocycles. The van der Waals surface area contributed by atoms with Crippen LogP contribution in [-0.4, -0.2) is 29.3 Å². The minimum Gasteiger partial charge on any atom is -0.349 e. The van der Waals surface area contributed by atoms with Gasteiger partial charge in [-0.3, -0.25) is 4.79 Å². The van der Waals surface area contributed by atoms with Gasteiger partial charge in [-0.1, -0.05) is 0 Å². The summed E-state index contributed by atoms with van der Waals surface area (Å²) in [6, 6.07) is 0. The van der Waals surface area contributed by atoms with Gasteiger partial charge in [0.15, 0.2) is 0 Å². The number of hydrogen-bond acceptors (Lipinski definition) is 3. The molecule has 4 heteroatoms. The molecule has 0 radical (unpaired) electrons. The van der Waals surface area contributed by atoms with Gasteiger partial charge in [-0.25, -0.2) is 0 Å². The van der Waals surface area contributed by atoms with Crippen LogP contribution < -0.4 is 10.6 Å². The molecule has 4 nitrogen and oxygen atoms in total. The van der Waals surface area contributed by atoms with Crippen molar-refractivity contribution in [1.29, 1.82) is 0 Å². The fraction of sp³-hybridized carbons (Fsp3) is 0.938. The molecule has 4 saturated heterocycles. The number of piperidine rings is 2. The van der Waals surface area contributed by atoms with Crippen LogP contribution >= 0.6 is 0 Å². The van der Waals surface area contributed by atoms with Gasteiger partial charge in [-0.05, 0) is 63.8 Å². The van der Waals surface area contributed by atoms with Crippen molar-refractivity contribution >= 4 is 5.91 Å². The molecule has 1 amide bonds. The molecule has 6 fully saturated rings. The van der Waals surface area contributed by atoms with Gasteiger partial charge in [0.25, 0.3) is 0 Å². The number of nitrogens with one attached hydrogen (secondary N) is 2. The summed E-state index contributed by atoms with van der Waals surface area (Å²) in [6.07, 6.45) is 7.73. The largest absolute Gasteiger partial charge is 0.349 e. The highest BCUT2D eigenvalue weighted by atomic mass is 16.5. The third kappa shape index (κ3) is 1.24. The van der Waals surface area contributed by atoms with E-state index in [9.17, 15) is 4.79 Å². The fourth-order valence-electron chi connectivity index (χ4n) is 6.80. The van der Waals surface area contributed by atoms with E-state index in [4.69, 9.17) is 4.74 Å². The second kappa shape index (κ2) is 3.41. The van der Waals surface area contributed by atoms with Crippen molar-refractivity contribution in [2.24, 2.45) is 17.8 Å². The van der Waals surface area contributed by atoms with Crippen molar-refractivity contribution in [3.05, 3.63) is 0 Å². The van der Waals surface area contributed by atoms with E-state index in [-0.39, 0.29) is 22.8 Å². The number of hydrogen-bond donors (Lipinski definition) is 2. The summed E-state index contributed by atoms with van der Waals surface area (Å²) in [5, 5.41) is 7.21. The summed E-state index contributed by atoms with van der Waals surface area (Å²) < 4.78 is 6.54. The molecule has 20 heavy (non-hydrogen) atoms. The monoisotopic (exact) mass is 276 g/mol. The number of carbonyl (C=O) groups excluding carboxylic acids is 1. The van der Waals surface area contributed by atoms with Crippen LogP contribution in [-0.2, 0) is 9.53 Å². The molecular formula is C16H24N2O2. The molecule has 2 spiro atoms. The molecule has 0 aromatic heterocycles. The van der Waals surface area contributed by atoms with Crippen molar-refractivity contribution in [3.8, 4) is 0 Å². The lowest BCUT2D eigenvalue weighted by atomic mass is 9.44. The Morgan fingerprint density at radius 3 is 3.10 bits per heavy atom. The van der Waals surface area contributed by atoms with Crippen LogP contribution in [0.1, 0.15) is 51.9 Å². The lowest BCUT2D eigenvalue weighted by Crippen LogP contribution is -2.84. The average molecular weight is 276 g/mol. The average Bonchev–Trinajstić information content (AvgIpc) is 2.35. The van der Waals surface area contributed by atoms with Gasteiger partial charge >= 0.3 is 0 Å². The Balaban J connectivity index is 1.67. The number of rotatable bonds is 0. The SMILES string of the molecule is CC12CC3CC4(NC(=O)CCC4C4(C1)NCCCC34)O2. The van der Waals surface area contributed by atoms with Crippen molar-refractivity contribution in [3.63, 3.8) is 0 Å². The molecule has 4 heterocycles. The first-order chi connectivity index (χ1) is 9.55. The predicted molar refractivity (Wildman–Crippen MR) is 73.9 cm³/mol. The van der Waals surface area contributed by atoms with Crippen LogP contribution in [0.4, 0.5) is 0 Å². The van der Waals surface area contributed by atoms with E-state index in [0.29, 0.717) is 12.3 Å². The third-order valence-corrected chi connectivity index (χ3v) is 6.93. The molecule has 0 aromatic rings. The van der Waals surface area contributed by atoms with Gasteiger partial charge in [0.2, 0.25) is 5.91 Å². The Hall–Kier alpha value is -0.610. The van der Waals surface area contributed by atoms with Crippen LogP contribution in [0.2, 0.25) is 0 Å². The standard InChI is InChI=1S/C16H24N2O2/c1-14-7-10-8-16(20-14)12(4-5-13(19)18-16)15(9-14)11(10)3-2-6-17-15/h10-12,17H,2-9H2,1H3,(H,18,19). The molecule has 2 saturated carbocycles. The zero-order valence-electron chi connectivity index (χ0n) is 12.2. The molecule has 4 bridgehead atoms. The minimum absolute atomic E-state index is 0.0368. The number of carbonyl (C=O) groups is 1. The first-order valence-electron chi connectivity index (χ1n) is 8.32. The van der Waals surface area contributed by atoms with Gasteiger partial charge in [0.1, 0.15) is 5.72 Å². The quantitative estimate of drug-likeness (QED) is 0.706. The minimum atomic E-state index is -0.355. The maximum absolute atomic E-state index is 12.0. The highest BCUT2D eigenvalue weighted by Gasteiger charge is 2.73. The fourth-order valence-corrected chi connectivity index (χ4v) is 6.80. The Kier molecular flexibility index (Phi) is 2.04. The summed E-state index contributed by atoms with van der Waals surface area (Å²) in [5.74, 6) is 2.20. The van der Waals surface area contributed by atoms with Gasteiger partial charge in [0.05, 0.1) is 5.60 Å². The van der Waals surface area contributed by atoms with E-state index in [1.165, 1.54) is 19.3 Å². The maximum atomic E-state index is 12.0. The van der Waals surface area contributed by atoms with Crippen molar-refractivity contribution in [2.45, 2.75) is 68.7 Å². The van der Waals surface area contributed by atoms with Crippen LogP contribution in [0.3, 0.4) is 0 Å². The third-order valence-electron chi connectivity index (χ3n) is 6.93. The zero-order chi connectivity index (χ0) is 13.6. The van der Waals surface area contributed by atoms with E-state index < -0.39 is 0 Å². The summed E-state index contributed by atoms with van der Waals surface area (Å²) in [4.78, 5) is 12.0. The molecule has 2 N–H and O–H groups in total. The molecule has 110 valence electrons. The smallest absolute Gasteiger partial charge is 0.222 e. The van der Waals surface area contributed by atoms with E-state index in [1.54, 1.807) is 0 Å².